The van der Waals surface area contributed by atoms with E-state index >= 15 is 0 Å². The molecule has 0 saturated carbocycles. The van der Waals surface area contributed by atoms with Gasteiger partial charge < -0.3 is 9.64 Å². The number of unbranched alkanes of at least 4 members (excludes halogenated alkanes) is 2. The standard InChI is InChI=1S/C25H33F2NOS2/c1-5-7-11-25(12-8-6-2)16-28(18-9-10-19(26)20(27)13-18)21-14-24(30-4)22(29-3)15-23(21)31-17-25/h9-10,13-15H,5-8,11-12,16-17H2,1-4H3. The molecule has 6 heteroatoms. The van der Waals surface area contributed by atoms with E-state index in [0.29, 0.717) is 5.69 Å². The normalized spacial score (nSPS) is 15.5. The molecule has 0 radical (unpaired) electrons. The van der Waals surface area contributed by atoms with Gasteiger partial charge in [0.2, 0.25) is 0 Å². The van der Waals surface area contributed by atoms with Crippen LogP contribution in [0, 0.1) is 17.0 Å². The van der Waals surface area contributed by atoms with E-state index in [0.717, 1.165) is 59.2 Å². The van der Waals surface area contributed by atoms with Gasteiger partial charge in [0.25, 0.3) is 0 Å². The molecule has 0 amide bonds. The van der Waals surface area contributed by atoms with Crippen LogP contribution in [0.15, 0.2) is 40.1 Å². The number of ether oxygens (including phenoxy) is 1. The number of fused-ring (bicyclic) bond motifs is 1. The van der Waals surface area contributed by atoms with Crippen LogP contribution in [-0.4, -0.2) is 25.7 Å². The number of nitrogens with zero attached hydrogens (tertiary/aromatic N) is 1. The predicted molar refractivity (Wildman–Crippen MR) is 130 cm³/mol. The fourth-order valence-electron chi connectivity index (χ4n) is 4.29. The summed E-state index contributed by atoms with van der Waals surface area (Å²) in [6, 6.07) is 8.52. The van der Waals surface area contributed by atoms with Crippen molar-refractivity contribution < 1.29 is 13.5 Å². The van der Waals surface area contributed by atoms with Crippen molar-refractivity contribution in [2.45, 2.75) is 62.2 Å². The average Bonchev–Trinajstić information content (AvgIpc) is 2.94. The molecule has 0 saturated heterocycles. The predicted octanol–water partition coefficient (Wildman–Crippen LogP) is 8.31. The Hall–Kier alpha value is -1.40. The average molecular weight is 466 g/mol. The van der Waals surface area contributed by atoms with Gasteiger partial charge >= 0.3 is 0 Å². The molecule has 0 unspecified atom stereocenters. The van der Waals surface area contributed by atoms with Crippen molar-refractivity contribution in [3.05, 3.63) is 42.0 Å². The molecule has 0 aliphatic carbocycles. The van der Waals surface area contributed by atoms with Crippen molar-refractivity contribution >= 4 is 34.9 Å². The van der Waals surface area contributed by atoms with Gasteiger partial charge in [-0.05, 0) is 48.8 Å². The van der Waals surface area contributed by atoms with Crippen LogP contribution in [0.25, 0.3) is 0 Å². The largest absolute Gasteiger partial charge is 0.496 e. The first-order chi connectivity index (χ1) is 15.0. The minimum atomic E-state index is -0.809. The monoisotopic (exact) mass is 465 g/mol. The van der Waals surface area contributed by atoms with Crippen LogP contribution in [0.2, 0.25) is 0 Å². The number of hydrogen-bond acceptors (Lipinski definition) is 4. The summed E-state index contributed by atoms with van der Waals surface area (Å²) in [5.74, 6) is 0.263. The number of halogens is 2. The number of rotatable bonds is 9. The second kappa shape index (κ2) is 11.0. The smallest absolute Gasteiger partial charge is 0.160 e. The lowest BCUT2D eigenvalue weighted by atomic mass is 9.79. The minimum Gasteiger partial charge on any atom is -0.496 e. The van der Waals surface area contributed by atoms with Crippen molar-refractivity contribution in [3.63, 3.8) is 0 Å². The molecule has 0 bridgehead atoms. The van der Waals surface area contributed by atoms with Crippen molar-refractivity contribution in [2.75, 3.05) is 30.6 Å². The first-order valence-corrected chi connectivity index (χ1v) is 13.3. The third-order valence-corrected chi connectivity index (χ3v) is 8.27. The highest BCUT2D eigenvalue weighted by atomic mass is 32.2. The zero-order valence-electron chi connectivity index (χ0n) is 19.0. The van der Waals surface area contributed by atoms with Gasteiger partial charge in [-0.2, -0.15) is 0 Å². The lowest BCUT2D eigenvalue weighted by molar-refractivity contribution is 0.274. The van der Waals surface area contributed by atoms with Crippen LogP contribution >= 0.6 is 23.5 Å². The maximum atomic E-state index is 14.2. The Morgan fingerprint density at radius 3 is 2.35 bits per heavy atom. The zero-order valence-corrected chi connectivity index (χ0v) is 20.6. The summed E-state index contributed by atoms with van der Waals surface area (Å²) < 4.78 is 33.6. The molecule has 0 fully saturated rings. The number of benzene rings is 2. The summed E-state index contributed by atoms with van der Waals surface area (Å²) in [5.41, 5.74) is 1.88. The minimum absolute atomic E-state index is 0.118. The van der Waals surface area contributed by atoms with Gasteiger partial charge in [-0.15, -0.1) is 23.5 Å². The maximum Gasteiger partial charge on any atom is 0.160 e. The highest BCUT2D eigenvalue weighted by molar-refractivity contribution is 7.99. The SMILES string of the molecule is CCCCC1(CCCC)CSc2cc(OC)c(SC)cc2N(c2ccc(F)c(F)c2)C1. The molecular weight excluding hydrogens is 432 g/mol. The van der Waals surface area contributed by atoms with Crippen LogP contribution in [0.1, 0.15) is 52.4 Å². The summed E-state index contributed by atoms with van der Waals surface area (Å²) in [6.07, 6.45) is 8.95. The zero-order chi connectivity index (χ0) is 22.4. The Balaban J connectivity index is 2.14. The lowest BCUT2D eigenvalue weighted by Gasteiger charge is -2.37. The van der Waals surface area contributed by atoms with Crippen molar-refractivity contribution in [2.24, 2.45) is 5.41 Å². The lowest BCUT2D eigenvalue weighted by Crippen LogP contribution is -2.36. The van der Waals surface area contributed by atoms with E-state index in [-0.39, 0.29) is 5.41 Å². The highest BCUT2D eigenvalue weighted by Crippen LogP contribution is 2.50. The topological polar surface area (TPSA) is 12.5 Å². The Morgan fingerprint density at radius 2 is 1.77 bits per heavy atom. The molecule has 1 aliphatic heterocycles. The quantitative estimate of drug-likeness (QED) is 0.345. The summed E-state index contributed by atoms with van der Waals surface area (Å²) in [4.78, 5) is 4.39. The van der Waals surface area contributed by atoms with Crippen LogP contribution in [0.4, 0.5) is 20.2 Å². The number of methoxy groups -OCH3 is 1. The number of hydrogen-bond donors (Lipinski definition) is 0. The fraction of sp³-hybridized carbons (Fsp3) is 0.520. The molecule has 2 aromatic carbocycles. The van der Waals surface area contributed by atoms with E-state index in [1.54, 1.807) is 24.9 Å². The van der Waals surface area contributed by atoms with Crippen LogP contribution in [-0.2, 0) is 0 Å². The van der Waals surface area contributed by atoms with E-state index in [2.05, 4.69) is 30.9 Å². The third kappa shape index (κ3) is 5.51. The molecule has 0 aromatic heterocycles. The van der Waals surface area contributed by atoms with Gasteiger partial charge in [0.1, 0.15) is 5.75 Å². The van der Waals surface area contributed by atoms with Gasteiger partial charge in [0, 0.05) is 28.9 Å². The Kier molecular flexibility index (Phi) is 8.57. The molecule has 170 valence electrons. The molecule has 1 heterocycles. The second-order valence-electron chi connectivity index (χ2n) is 8.36. The van der Waals surface area contributed by atoms with Crippen LogP contribution < -0.4 is 9.64 Å². The van der Waals surface area contributed by atoms with Crippen molar-refractivity contribution in [1.82, 2.24) is 0 Å². The van der Waals surface area contributed by atoms with Gasteiger partial charge in [0.15, 0.2) is 11.6 Å². The first kappa shape index (κ1) is 24.2. The summed E-state index contributed by atoms with van der Waals surface area (Å²) >= 11 is 3.51. The van der Waals surface area contributed by atoms with E-state index in [4.69, 9.17) is 4.74 Å². The highest BCUT2D eigenvalue weighted by Gasteiger charge is 2.36. The third-order valence-electron chi connectivity index (χ3n) is 6.12. The summed E-state index contributed by atoms with van der Waals surface area (Å²) in [5, 5.41) is 0. The van der Waals surface area contributed by atoms with E-state index in [1.165, 1.54) is 25.0 Å². The van der Waals surface area contributed by atoms with E-state index < -0.39 is 11.6 Å². The molecule has 0 N–H and O–H groups in total. The molecule has 2 aromatic rings. The Morgan fingerprint density at radius 1 is 1.06 bits per heavy atom. The molecule has 2 nitrogen and oxygen atoms in total. The van der Waals surface area contributed by atoms with Gasteiger partial charge in [-0.1, -0.05) is 39.5 Å². The number of thioether (sulfide) groups is 2. The molecular formula is C25H33F2NOS2. The molecule has 0 spiro atoms. The van der Waals surface area contributed by atoms with E-state index in [1.807, 2.05) is 18.0 Å². The van der Waals surface area contributed by atoms with E-state index in [9.17, 15) is 8.78 Å². The van der Waals surface area contributed by atoms with Gasteiger partial charge in [-0.3, -0.25) is 0 Å². The fourth-order valence-corrected chi connectivity index (χ4v) is 6.21. The summed E-state index contributed by atoms with van der Waals surface area (Å²) in [6.45, 7) is 5.27. The second-order valence-corrected chi connectivity index (χ2v) is 10.2. The van der Waals surface area contributed by atoms with Gasteiger partial charge in [0.05, 0.1) is 17.7 Å². The molecule has 31 heavy (non-hydrogen) atoms. The molecule has 1 aliphatic rings. The Bertz CT molecular complexity index is 882. The Labute approximate surface area is 194 Å². The van der Waals surface area contributed by atoms with Gasteiger partial charge in [-0.25, -0.2) is 8.78 Å². The summed E-state index contributed by atoms with van der Waals surface area (Å²) in [7, 11) is 1.70. The van der Waals surface area contributed by atoms with Crippen LogP contribution in [0.3, 0.4) is 0 Å². The molecule has 3 rings (SSSR count). The van der Waals surface area contributed by atoms with Crippen molar-refractivity contribution in [3.8, 4) is 5.75 Å². The van der Waals surface area contributed by atoms with Crippen molar-refractivity contribution in [1.29, 1.82) is 0 Å². The maximum absolute atomic E-state index is 14.2. The van der Waals surface area contributed by atoms with Crippen LogP contribution in [0.5, 0.6) is 5.75 Å². The first-order valence-electron chi connectivity index (χ1n) is 11.1. The number of anilines is 2. The molecule has 0 atom stereocenters.